The molecule has 26 heavy (non-hydrogen) atoms. The van der Waals surface area contributed by atoms with Crippen LogP contribution < -0.4 is 16.4 Å². The fraction of sp³-hybridized carbons (Fsp3) is 0.375. The molecule has 2 amide bonds. The van der Waals surface area contributed by atoms with Crippen LogP contribution in [-0.4, -0.2) is 34.6 Å². The Balaban J connectivity index is 0.00000338. The highest BCUT2D eigenvalue weighted by atomic mass is 35.5. The van der Waals surface area contributed by atoms with Crippen molar-refractivity contribution >= 4 is 52.5 Å². The molecule has 0 bridgehead atoms. The summed E-state index contributed by atoms with van der Waals surface area (Å²) in [5.74, 6) is 0.0871. The van der Waals surface area contributed by atoms with Crippen molar-refractivity contribution in [2.45, 2.75) is 30.0 Å². The largest absolute Gasteiger partial charge is 0.346 e. The van der Waals surface area contributed by atoms with Gasteiger partial charge in [-0.25, -0.2) is 0 Å². The lowest BCUT2D eigenvalue weighted by Gasteiger charge is -2.14. The number of nitrogens with two attached hydrogens (primary N) is 1. The summed E-state index contributed by atoms with van der Waals surface area (Å²) in [5.41, 5.74) is 6.91. The lowest BCUT2D eigenvalue weighted by atomic mass is 10.1. The zero-order chi connectivity index (χ0) is 18.2. The number of aromatic nitrogens is 2. The molecule has 10 heteroatoms. The van der Waals surface area contributed by atoms with Gasteiger partial charge in [0.2, 0.25) is 16.9 Å². The highest BCUT2D eigenvalue weighted by Crippen LogP contribution is 2.28. The third kappa shape index (κ3) is 7.28. The molecule has 0 saturated carbocycles. The second-order valence-electron chi connectivity index (χ2n) is 5.68. The van der Waals surface area contributed by atoms with E-state index in [1.165, 1.54) is 16.9 Å². The van der Waals surface area contributed by atoms with E-state index >= 15 is 0 Å². The molecule has 0 aliphatic rings. The first-order valence-electron chi connectivity index (χ1n) is 7.79. The van der Waals surface area contributed by atoms with E-state index in [1.54, 1.807) is 11.8 Å². The Morgan fingerprint density at radius 3 is 2.58 bits per heavy atom. The van der Waals surface area contributed by atoms with Crippen molar-refractivity contribution in [3.63, 3.8) is 0 Å². The number of carbonyl (C=O) groups excluding carboxylic acids is 2. The SMILES string of the molecule is CC(C)[C@H](N)C(=O)NCC(=O)Nc1nnc(SCc2ccccc2)s1.Cl. The van der Waals surface area contributed by atoms with Crippen LogP contribution in [-0.2, 0) is 15.3 Å². The number of carbonyl (C=O) groups is 2. The Morgan fingerprint density at radius 2 is 1.92 bits per heavy atom. The quantitative estimate of drug-likeness (QED) is 0.450. The number of anilines is 1. The van der Waals surface area contributed by atoms with E-state index < -0.39 is 6.04 Å². The van der Waals surface area contributed by atoms with Crippen LogP contribution in [0.15, 0.2) is 34.7 Å². The van der Waals surface area contributed by atoms with Gasteiger partial charge in [0.25, 0.3) is 0 Å². The van der Waals surface area contributed by atoms with E-state index in [0.29, 0.717) is 5.13 Å². The monoisotopic (exact) mass is 415 g/mol. The van der Waals surface area contributed by atoms with Crippen LogP contribution in [0.1, 0.15) is 19.4 Å². The molecule has 1 aromatic heterocycles. The smallest absolute Gasteiger partial charge is 0.245 e. The van der Waals surface area contributed by atoms with Gasteiger partial charge < -0.3 is 11.1 Å². The number of thioether (sulfide) groups is 1. The second-order valence-corrected chi connectivity index (χ2v) is 7.88. The standard InChI is InChI=1S/C16H21N5O2S2.ClH/c1-10(2)13(17)14(23)18-8-12(22)19-15-20-21-16(25-15)24-9-11-6-4-3-5-7-11;/h3-7,10,13H,8-9,17H2,1-2H3,(H,18,23)(H,19,20,22);1H/t13-;/m0./s1. The Kier molecular flexibility index (Phi) is 9.57. The van der Waals surface area contributed by atoms with Crippen LogP contribution in [0.25, 0.3) is 0 Å². The van der Waals surface area contributed by atoms with Crippen LogP contribution in [0.4, 0.5) is 5.13 Å². The van der Waals surface area contributed by atoms with Gasteiger partial charge in [-0.05, 0) is 11.5 Å². The average Bonchev–Trinajstić information content (AvgIpc) is 3.05. The highest BCUT2D eigenvalue weighted by Gasteiger charge is 2.18. The maximum atomic E-state index is 11.9. The molecule has 0 spiro atoms. The first-order chi connectivity index (χ1) is 12.0. The van der Waals surface area contributed by atoms with E-state index in [-0.39, 0.29) is 36.7 Å². The van der Waals surface area contributed by atoms with Crippen molar-refractivity contribution in [3.8, 4) is 0 Å². The third-order valence-electron chi connectivity index (χ3n) is 3.30. The number of halogens is 1. The van der Waals surface area contributed by atoms with Crippen molar-refractivity contribution in [1.82, 2.24) is 15.5 Å². The molecule has 1 aromatic carbocycles. The summed E-state index contributed by atoms with van der Waals surface area (Å²) in [5, 5.41) is 13.5. The molecule has 0 unspecified atom stereocenters. The first kappa shape index (κ1) is 22.4. The molecular weight excluding hydrogens is 394 g/mol. The fourth-order valence-electron chi connectivity index (χ4n) is 1.79. The zero-order valence-electron chi connectivity index (χ0n) is 14.5. The summed E-state index contributed by atoms with van der Waals surface area (Å²) >= 11 is 2.85. The molecular formula is C16H22ClN5O2S2. The minimum atomic E-state index is -0.629. The van der Waals surface area contributed by atoms with E-state index in [0.717, 1.165) is 10.1 Å². The number of hydrogen-bond acceptors (Lipinski definition) is 7. The third-order valence-corrected chi connectivity index (χ3v) is 5.35. The molecule has 0 aliphatic carbocycles. The first-order valence-corrected chi connectivity index (χ1v) is 9.59. The molecule has 142 valence electrons. The predicted molar refractivity (Wildman–Crippen MR) is 108 cm³/mol. The summed E-state index contributed by atoms with van der Waals surface area (Å²) in [6, 6.07) is 9.40. The average molecular weight is 416 g/mol. The van der Waals surface area contributed by atoms with Crippen molar-refractivity contribution < 1.29 is 9.59 Å². The molecule has 2 rings (SSSR count). The van der Waals surface area contributed by atoms with Gasteiger partial charge in [-0.1, -0.05) is 67.3 Å². The maximum Gasteiger partial charge on any atom is 0.245 e. The fourth-order valence-corrected chi connectivity index (χ4v) is 3.51. The zero-order valence-corrected chi connectivity index (χ0v) is 16.9. The Morgan fingerprint density at radius 1 is 1.23 bits per heavy atom. The summed E-state index contributed by atoms with van der Waals surface area (Å²) in [6.45, 7) is 3.55. The van der Waals surface area contributed by atoms with Gasteiger partial charge in [-0.15, -0.1) is 22.6 Å². The highest BCUT2D eigenvalue weighted by molar-refractivity contribution is 8.00. The van der Waals surface area contributed by atoms with Gasteiger partial charge in [0.15, 0.2) is 4.34 Å². The van der Waals surface area contributed by atoms with Crippen molar-refractivity contribution in [2.75, 3.05) is 11.9 Å². The van der Waals surface area contributed by atoms with E-state index in [2.05, 4.69) is 20.8 Å². The predicted octanol–water partition coefficient (Wildman–Crippen LogP) is 2.29. The molecule has 1 heterocycles. The summed E-state index contributed by atoms with van der Waals surface area (Å²) < 4.78 is 0.769. The number of nitrogens with one attached hydrogen (secondary N) is 2. The molecule has 0 radical (unpaired) electrons. The van der Waals surface area contributed by atoms with Crippen molar-refractivity contribution in [2.24, 2.45) is 11.7 Å². The summed E-state index contributed by atoms with van der Waals surface area (Å²) in [7, 11) is 0. The number of benzene rings is 1. The van der Waals surface area contributed by atoms with Gasteiger partial charge in [0, 0.05) is 5.75 Å². The summed E-state index contributed by atoms with van der Waals surface area (Å²) in [6.07, 6.45) is 0. The summed E-state index contributed by atoms with van der Waals surface area (Å²) in [4.78, 5) is 23.6. The normalized spacial score (nSPS) is 11.5. The van der Waals surface area contributed by atoms with Gasteiger partial charge in [0.1, 0.15) is 0 Å². The van der Waals surface area contributed by atoms with Crippen LogP contribution in [0.3, 0.4) is 0 Å². The van der Waals surface area contributed by atoms with Crippen molar-refractivity contribution in [3.05, 3.63) is 35.9 Å². The van der Waals surface area contributed by atoms with Gasteiger partial charge in [0.05, 0.1) is 12.6 Å². The molecule has 4 N–H and O–H groups in total. The van der Waals surface area contributed by atoms with Crippen LogP contribution in [0, 0.1) is 5.92 Å². The van der Waals surface area contributed by atoms with Crippen molar-refractivity contribution in [1.29, 1.82) is 0 Å². The molecule has 0 aliphatic heterocycles. The Bertz CT molecular complexity index is 712. The Hall–Kier alpha value is -1.68. The van der Waals surface area contributed by atoms with Crippen LogP contribution in [0.2, 0.25) is 0 Å². The Labute approximate surface area is 166 Å². The molecule has 0 fully saturated rings. The van der Waals surface area contributed by atoms with Gasteiger partial charge in [-0.2, -0.15) is 0 Å². The molecule has 2 aromatic rings. The van der Waals surface area contributed by atoms with E-state index in [4.69, 9.17) is 5.73 Å². The van der Waals surface area contributed by atoms with Gasteiger partial charge in [-0.3, -0.25) is 14.9 Å². The van der Waals surface area contributed by atoms with Gasteiger partial charge >= 0.3 is 0 Å². The van der Waals surface area contributed by atoms with E-state index in [9.17, 15) is 9.59 Å². The van der Waals surface area contributed by atoms with E-state index in [1.807, 2.05) is 44.2 Å². The number of amides is 2. The molecule has 7 nitrogen and oxygen atoms in total. The molecule has 1 atom stereocenters. The van der Waals surface area contributed by atoms with Crippen LogP contribution in [0.5, 0.6) is 0 Å². The minimum absolute atomic E-state index is 0. The maximum absolute atomic E-state index is 11.9. The number of rotatable bonds is 8. The van der Waals surface area contributed by atoms with Crippen LogP contribution >= 0.6 is 35.5 Å². The lowest BCUT2D eigenvalue weighted by Crippen LogP contribution is -2.46. The lowest BCUT2D eigenvalue weighted by molar-refractivity contribution is -0.125. The molecule has 0 saturated heterocycles. The number of nitrogens with zero attached hydrogens (tertiary/aromatic N) is 2. The topological polar surface area (TPSA) is 110 Å². The second kappa shape index (κ2) is 11.1. The minimum Gasteiger partial charge on any atom is -0.346 e. The number of hydrogen-bond donors (Lipinski definition) is 3.